The zero-order valence-corrected chi connectivity index (χ0v) is 17.7. The molecule has 3 aliphatic rings. The lowest BCUT2D eigenvalue weighted by Crippen LogP contribution is -2.56. The highest BCUT2D eigenvalue weighted by Crippen LogP contribution is 2.49. The van der Waals surface area contributed by atoms with Crippen molar-refractivity contribution in [1.29, 1.82) is 0 Å². The molecule has 0 bridgehead atoms. The molecule has 0 unspecified atom stereocenters. The maximum atomic E-state index is 12.6. The van der Waals surface area contributed by atoms with Crippen molar-refractivity contribution in [3.63, 3.8) is 0 Å². The number of hydrogen-bond donors (Lipinski definition) is 0. The second kappa shape index (κ2) is 8.84. The molecule has 5 nitrogen and oxygen atoms in total. The Balaban J connectivity index is 1.50. The molecule has 0 N–H and O–H groups in total. The number of rotatable bonds is 8. The zero-order chi connectivity index (χ0) is 20.3. The molecular weight excluding hydrogens is 368 g/mol. The Morgan fingerprint density at radius 2 is 1.38 bits per heavy atom. The summed E-state index contributed by atoms with van der Waals surface area (Å²) in [7, 11) is 3.60. The fraction of sp³-hybridized carbons (Fsp3) is 0.708. The van der Waals surface area contributed by atoms with Gasteiger partial charge >= 0.3 is 0 Å². The van der Waals surface area contributed by atoms with Crippen LogP contribution in [0.15, 0.2) is 30.3 Å². The number of benzene rings is 1. The van der Waals surface area contributed by atoms with Crippen molar-refractivity contribution < 1.29 is 23.7 Å². The molecule has 1 aromatic rings. The van der Waals surface area contributed by atoms with Gasteiger partial charge in [-0.1, -0.05) is 56.0 Å². The minimum absolute atomic E-state index is 0.127. The molecule has 0 spiro atoms. The van der Waals surface area contributed by atoms with Crippen LogP contribution in [0.5, 0.6) is 0 Å². The van der Waals surface area contributed by atoms with Gasteiger partial charge in [0.1, 0.15) is 12.2 Å². The third kappa shape index (κ3) is 4.02. The van der Waals surface area contributed by atoms with E-state index in [2.05, 4.69) is 0 Å². The summed E-state index contributed by atoms with van der Waals surface area (Å²) in [4.78, 5) is 12.6. The van der Waals surface area contributed by atoms with Crippen LogP contribution in [0.4, 0.5) is 0 Å². The van der Waals surface area contributed by atoms with Crippen LogP contribution in [0.25, 0.3) is 0 Å². The fourth-order valence-electron chi connectivity index (χ4n) is 5.61. The van der Waals surface area contributed by atoms with Gasteiger partial charge < -0.3 is 18.9 Å². The van der Waals surface area contributed by atoms with E-state index in [1.165, 1.54) is 0 Å². The molecular formula is C24H34O5. The molecule has 3 fully saturated rings. The van der Waals surface area contributed by atoms with Crippen LogP contribution in [0.1, 0.15) is 74.6 Å². The van der Waals surface area contributed by atoms with Gasteiger partial charge in [-0.15, -0.1) is 0 Å². The third-order valence-corrected chi connectivity index (χ3v) is 7.32. The molecule has 2 atom stereocenters. The van der Waals surface area contributed by atoms with E-state index in [9.17, 15) is 4.79 Å². The van der Waals surface area contributed by atoms with Gasteiger partial charge in [0.25, 0.3) is 0 Å². The molecule has 2 aliphatic carbocycles. The summed E-state index contributed by atoms with van der Waals surface area (Å²) in [6.45, 7) is 0. The van der Waals surface area contributed by atoms with Gasteiger partial charge in [0.05, 0.1) is 11.2 Å². The number of carbonyl (C=O) groups excluding carboxylic acids is 1. The van der Waals surface area contributed by atoms with E-state index in [1.807, 2.05) is 30.3 Å². The summed E-state index contributed by atoms with van der Waals surface area (Å²) in [5, 5.41) is 0. The highest BCUT2D eigenvalue weighted by molar-refractivity contribution is 5.95. The van der Waals surface area contributed by atoms with Gasteiger partial charge in [0, 0.05) is 32.6 Å². The number of carbonyl (C=O) groups is 1. The molecule has 5 heteroatoms. The Hall–Kier alpha value is -1.27. The maximum absolute atomic E-state index is 12.6. The van der Waals surface area contributed by atoms with Crippen molar-refractivity contribution >= 4 is 5.78 Å². The van der Waals surface area contributed by atoms with Gasteiger partial charge in [0.2, 0.25) is 0 Å². The number of methoxy groups -OCH3 is 2. The van der Waals surface area contributed by atoms with Crippen molar-refractivity contribution in [1.82, 2.24) is 0 Å². The van der Waals surface area contributed by atoms with E-state index >= 15 is 0 Å². The molecule has 29 heavy (non-hydrogen) atoms. The van der Waals surface area contributed by atoms with Gasteiger partial charge in [-0.3, -0.25) is 4.79 Å². The molecule has 2 saturated carbocycles. The second-order valence-corrected chi connectivity index (χ2v) is 8.82. The molecule has 0 amide bonds. The summed E-state index contributed by atoms with van der Waals surface area (Å²) in [5.74, 6) is 0.127. The van der Waals surface area contributed by atoms with E-state index in [0.717, 1.165) is 56.9 Å². The smallest absolute Gasteiger partial charge is 0.163 e. The highest BCUT2D eigenvalue weighted by atomic mass is 16.7. The summed E-state index contributed by atoms with van der Waals surface area (Å²) >= 11 is 0. The van der Waals surface area contributed by atoms with E-state index in [4.69, 9.17) is 18.9 Å². The minimum Gasteiger partial charge on any atom is -0.375 e. The first-order chi connectivity index (χ1) is 14.1. The molecule has 160 valence electrons. The van der Waals surface area contributed by atoms with Crippen molar-refractivity contribution in [2.45, 2.75) is 93.9 Å². The Bertz CT molecular complexity index is 644. The largest absolute Gasteiger partial charge is 0.375 e. The lowest BCUT2D eigenvalue weighted by molar-refractivity contribution is -0.153. The van der Waals surface area contributed by atoms with Crippen molar-refractivity contribution in [2.24, 2.45) is 0 Å². The van der Waals surface area contributed by atoms with Gasteiger partial charge in [-0.25, -0.2) is 0 Å². The highest BCUT2D eigenvalue weighted by Gasteiger charge is 2.59. The molecule has 1 heterocycles. The summed E-state index contributed by atoms with van der Waals surface area (Å²) < 4.78 is 25.2. The van der Waals surface area contributed by atoms with E-state index in [-0.39, 0.29) is 29.2 Å². The van der Waals surface area contributed by atoms with E-state index < -0.39 is 6.29 Å². The molecule has 1 aromatic carbocycles. The van der Waals surface area contributed by atoms with Crippen LogP contribution in [0, 0.1) is 0 Å². The van der Waals surface area contributed by atoms with Gasteiger partial charge in [-0.05, 0) is 25.7 Å². The molecule has 0 radical (unpaired) electrons. The first kappa shape index (κ1) is 21.0. The Kier molecular flexibility index (Phi) is 6.40. The van der Waals surface area contributed by atoms with Gasteiger partial charge in [0.15, 0.2) is 12.1 Å². The van der Waals surface area contributed by atoms with Crippen molar-refractivity contribution in [3.05, 3.63) is 35.9 Å². The first-order valence-corrected chi connectivity index (χ1v) is 11.1. The van der Waals surface area contributed by atoms with Crippen LogP contribution in [0.3, 0.4) is 0 Å². The Morgan fingerprint density at radius 1 is 0.897 bits per heavy atom. The van der Waals surface area contributed by atoms with Crippen LogP contribution < -0.4 is 0 Å². The minimum atomic E-state index is -0.391. The van der Waals surface area contributed by atoms with Crippen LogP contribution in [-0.4, -0.2) is 49.7 Å². The maximum Gasteiger partial charge on any atom is 0.163 e. The average molecular weight is 403 g/mol. The number of ketones is 1. The predicted molar refractivity (Wildman–Crippen MR) is 110 cm³/mol. The number of hydrogen-bond acceptors (Lipinski definition) is 5. The van der Waals surface area contributed by atoms with E-state index in [1.54, 1.807) is 14.2 Å². The monoisotopic (exact) mass is 402 g/mol. The SMILES string of the molecule is COC1([C@@H]2OC(CCC(=O)c3ccccc3)O[C@H]2C2(OC)CCCC2)CCCC1. The van der Waals surface area contributed by atoms with Crippen LogP contribution in [-0.2, 0) is 18.9 Å². The zero-order valence-electron chi connectivity index (χ0n) is 17.7. The lowest BCUT2D eigenvalue weighted by Gasteiger charge is -2.42. The van der Waals surface area contributed by atoms with Crippen molar-refractivity contribution in [2.75, 3.05) is 14.2 Å². The summed E-state index contributed by atoms with van der Waals surface area (Å²) in [6, 6.07) is 9.44. The summed E-state index contributed by atoms with van der Waals surface area (Å²) in [5.41, 5.74) is 0.125. The number of Topliss-reactive ketones (excluding diaryl/α,β-unsaturated/α-hetero) is 1. The normalized spacial score (nSPS) is 28.8. The topological polar surface area (TPSA) is 54.0 Å². The molecule has 1 aliphatic heterocycles. The Labute approximate surface area is 174 Å². The lowest BCUT2D eigenvalue weighted by atomic mass is 9.81. The first-order valence-electron chi connectivity index (χ1n) is 11.1. The summed E-state index contributed by atoms with van der Waals surface area (Å²) in [6.07, 6.45) is 8.84. The predicted octanol–water partition coefficient (Wildman–Crippen LogP) is 4.68. The Morgan fingerprint density at radius 3 is 1.83 bits per heavy atom. The third-order valence-electron chi connectivity index (χ3n) is 7.32. The molecule has 0 aromatic heterocycles. The molecule has 4 rings (SSSR count). The fourth-order valence-corrected chi connectivity index (χ4v) is 5.61. The average Bonchev–Trinajstić information content (AvgIpc) is 3.52. The standard InChI is InChI=1S/C24H34O5/c1-26-23(14-6-7-15-23)21-22(24(27-2)16-8-9-17-24)29-20(28-21)13-12-19(25)18-10-4-3-5-11-18/h3-5,10-11,20-22H,6-9,12-17H2,1-2H3/t21-,22-/m1/s1. The van der Waals surface area contributed by atoms with Crippen LogP contribution in [0.2, 0.25) is 0 Å². The quantitative estimate of drug-likeness (QED) is 0.591. The second-order valence-electron chi connectivity index (χ2n) is 8.82. The van der Waals surface area contributed by atoms with Crippen LogP contribution >= 0.6 is 0 Å². The molecule has 1 saturated heterocycles. The number of ether oxygens (including phenoxy) is 4. The van der Waals surface area contributed by atoms with Gasteiger partial charge in [-0.2, -0.15) is 0 Å². The van der Waals surface area contributed by atoms with Crippen molar-refractivity contribution in [3.8, 4) is 0 Å². The van der Waals surface area contributed by atoms with E-state index in [0.29, 0.717) is 12.8 Å².